The van der Waals surface area contributed by atoms with Crippen LogP contribution in [0.25, 0.3) is 0 Å². The average molecular weight is 368 g/mol. The highest BCUT2D eigenvalue weighted by Gasteiger charge is 2.16. The van der Waals surface area contributed by atoms with E-state index in [1.54, 1.807) is 30.3 Å². The van der Waals surface area contributed by atoms with E-state index in [2.05, 4.69) is 4.72 Å². The van der Waals surface area contributed by atoms with Gasteiger partial charge < -0.3 is 0 Å². The summed E-state index contributed by atoms with van der Waals surface area (Å²) in [6.45, 7) is 1.09. The average Bonchev–Trinajstić information content (AvgIpc) is 2.46. The van der Waals surface area contributed by atoms with Gasteiger partial charge in [-0.1, -0.05) is 30.3 Å². The third-order valence-electron chi connectivity index (χ3n) is 2.92. The Bertz CT molecular complexity index is 922. The number of rotatable bonds is 6. The zero-order valence-corrected chi connectivity index (χ0v) is 14.4. The first-order chi connectivity index (χ1) is 11.2. The Balaban J connectivity index is 2.13. The van der Waals surface area contributed by atoms with Crippen LogP contribution >= 0.6 is 0 Å². The number of carbonyl (C=O) groups excluding carboxylic acids is 1. The number of amides is 1. The van der Waals surface area contributed by atoms with Crippen molar-refractivity contribution in [1.29, 1.82) is 0 Å². The summed E-state index contributed by atoms with van der Waals surface area (Å²) in [7, 11) is -7.57. The lowest BCUT2D eigenvalue weighted by Crippen LogP contribution is -2.28. The van der Waals surface area contributed by atoms with Gasteiger partial charge in [-0.3, -0.25) is 9.52 Å². The molecule has 0 bridgehead atoms. The molecule has 24 heavy (non-hydrogen) atoms. The van der Waals surface area contributed by atoms with Crippen LogP contribution in [-0.4, -0.2) is 22.7 Å². The fourth-order valence-corrected chi connectivity index (χ4v) is 4.15. The molecular formula is C15H16N2O5S2. The van der Waals surface area contributed by atoms with Crippen LogP contribution < -0.4 is 9.44 Å². The number of anilines is 1. The SMILES string of the molecule is CC(=O)NS(=O)(=O)c1ccc(NS(=O)(=O)Cc2ccccc2)cc1. The van der Waals surface area contributed by atoms with E-state index in [9.17, 15) is 21.6 Å². The van der Waals surface area contributed by atoms with E-state index in [4.69, 9.17) is 0 Å². The lowest BCUT2D eigenvalue weighted by atomic mass is 10.2. The summed E-state index contributed by atoms with van der Waals surface area (Å²) in [5, 5.41) is 0. The second-order valence-corrected chi connectivity index (χ2v) is 8.44. The minimum absolute atomic E-state index is 0.135. The van der Waals surface area contributed by atoms with Gasteiger partial charge in [0, 0.05) is 12.6 Å². The molecule has 0 fully saturated rings. The molecule has 0 aliphatic heterocycles. The monoisotopic (exact) mass is 368 g/mol. The molecule has 2 aromatic carbocycles. The standard InChI is InChI=1S/C15H16N2O5S2/c1-12(18)16-24(21,22)15-9-7-14(8-10-15)17-23(19,20)11-13-5-3-2-4-6-13/h2-10,17H,11H2,1H3,(H,16,18). The van der Waals surface area contributed by atoms with Crippen molar-refractivity contribution >= 4 is 31.6 Å². The fourth-order valence-electron chi connectivity index (χ4n) is 1.96. The molecule has 0 radical (unpaired) electrons. The lowest BCUT2D eigenvalue weighted by molar-refractivity contribution is -0.117. The maximum atomic E-state index is 12.1. The third-order valence-corrected chi connectivity index (χ3v) is 5.62. The maximum Gasteiger partial charge on any atom is 0.264 e. The smallest absolute Gasteiger partial charge is 0.264 e. The van der Waals surface area contributed by atoms with Gasteiger partial charge >= 0.3 is 0 Å². The van der Waals surface area contributed by atoms with Gasteiger partial charge in [-0.15, -0.1) is 0 Å². The number of sulfonamides is 2. The van der Waals surface area contributed by atoms with Crippen LogP contribution in [-0.2, 0) is 30.6 Å². The van der Waals surface area contributed by atoms with Crippen LogP contribution in [0, 0.1) is 0 Å². The Labute approximate surface area is 140 Å². The molecule has 0 atom stereocenters. The normalized spacial score (nSPS) is 11.7. The molecule has 0 unspecified atom stereocenters. The first kappa shape index (κ1) is 18.0. The summed E-state index contributed by atoms with van der Waals surface area (Å²) in [6.07, 6.45) is 0. The Morgan fingerprint density at radius 3 is 2.04 bits per heavy atom. The van der Waals surface area contributed by atoms with Crippen molar-refractivity contribution in [3.8, 4) is 0 Å². The van der Waals surface area contributed by atoms with E-state index in [0.717, 1.165) is 6.92 Å². The van der Waals surface area contributed by atoms with Gasteiger partial charge in [0.2, 0.25) is 15.9 Å². The number of nitrogens with one attached hydrogen (secondary N) is 2. The van der Waals surface area contributed by atoms with Crippen LogP contribution in [0.5, 0.6) is 0 Å². The van der Waals surface area contributed by atoms with Gasteiger partial charge in [0.25, 0.3) is 10.0 Å². The van der Waals surface area contributed by atoms with Gasteiger partial charge in [-0.2, -0.15) is 0 Å². The molecule has 0 aliphatic carbocycles. The van der Waals surface area contributed by atoms with Crippen LogP contribution in [0.1, 0.15) is 12.5 Å². The van der Waals surface area contributed by atoms with Crippen molar-refractivity contribution < 1.29 is 21.6 Å². The van der Waals surface area contributed by atoms with Gasteiger partial charge in [0.05, 0.1) is 10.6 Å². The largest absolute Gasteiger partial charge is 0.283 e. The molecular weight excluding hydrogens is 352 g/mol. The summed E-state index contributed by atoms with van der Waals surface area (Å²) in [4.78, 5) is 10.7. The summed E-state index contributed by atoms with van der Waals surface area (Å²) >= 11 is 0. The van der Waals surface area contributed by atoms with E-state index in [-0.39, 0.29) is 16.3 Å². The molecule has 128 valence electrons. The molecule has 2 rings (SSSR count). The van der Waals surface area contributed by atoms with E-state index < -0.39 is 26.0 Å². The van der Waals surface area contributed by atoms with Crippen LogP contribution in [0.15, 0.2) is 59.5 Å². The Kier molecular flexibility index (Phi) is 5.25. The zero-order valence-electron chi connectivity index (χ0n) is 12.8. The number of hydrogen-bond acceptors (Lipinski definition) is 5. The van der Waals surface area contributed by atoms with Gasteiger partial charge in [-0.25, -0.2) is 21.6 Å². The Morgan fingerprint density at radius 1 is 0.917 bits per heavy atom. The van der Waals surface area contributed by atoms with E-state index >= 15 is 0 Å². The minimum Gasteiger partial charge on any atom is -0.283 e. The predicted octanol–water partition coefficient (Wildman–Crippen LogP) is 1.45. The lowest BCUT2D eigenvalue weighted by Gasteiger charge is -2.09. The highest BCUT2D eigenvalue weighted by molar-refractivity contribution is 7.92. The first-order valence-electron chi connectivity index (χ1n) is 6.86. The maximum absolute atomic E-state index is 12.1. The van der Waals surface area contributed by atoms with Crippen molar-refractivity contribution in [3.05, 3.63) is 60.2 Å². The molecule has 0 saturated heterocycles. The highest BCUT2D eigenvalue weighted by atomic mass is 32.2. The second kappa shape index (κ2) is 7.02. The quantitative estimate of drug-likeness (QED) is 0.802. The van der Waals surface area contributed by atoms with E-state index in [1.165, 1.54) is 24.3 Å². The van der Waals surface area contributed by atoms with Crippen molar-refractivity contribution in [1.82, 2.24) is 4.72 Å². The Hall–Kier alpha value is -2.39. The fraction of sp³-hybridized carbons (Fsp3) is 0.133. The van der Waals surface area contributed by atoms with Crippen molar-refractivity contribution in [2.45, 2.75) is 17.6 Å². The number of hydrogen-bond donors (Lipinski definition) is 2. The number of benzene rings is 2. The van der Waals surface area contributed by atoms with Gasteiger partial charge in [0.1, 0.15) is 0 Å². The van der Waals surface area contributed by atoms with Gasteiger partial charge in [-0.05, 0) is 29.8 Å². The molecule has 2 aromatic rings. The van der Waals surface area contributed by atoms with E-state index in [1.807, 2.05) is 4.72 Å². The molecule has 9 heteroatoms. The highest BCUT2D eigenvalue weighted by Crippen LogP contribution is 2.16. The minimum atomic E-state index is -3.95. The van der Waals surface area contributed by atoms with Crippen LogP contribution in [0.2, 0.25) is 0 Å². The summed E-state index contributed by atoms with van der Waals surface area (Å²) < 4.78 is 52.0. The molecule has 0 aromatic heterocycles. The predicted molar refractivity (Wildman–Crippen MR) is 90.1 cm³/mol. The molecule has 2 N–H and O–H groups in total. The Morgan fingerprint density at radius 2 is 1.50 bits per heavy atom. The summed E-state index contributed by atoms with van der Waals surface area (Å²) in [5.41, 5.74) is 0.863. The van der Waals surface area contributed by atoms with E-state index in [0.29, 0.717) is 5.56 Å². The molecule has 1 amide bonds. The molecule has 7 nitrogen and oxygen atoms in total. The summed E-state index contributed by atoms with van der Waals surface area (Å²) in [5.74, 6) is -0.901. The van der Waals surface area contributed by atoms with Gasteiger partial charge in [0.15, 0.2) is 0 Å². The summed E-state index contributed by atoms with van der Waals surface area (Å²) in [6, 6.07) is 13.7. The van der Waals surface area contributed by atoms with Crippen LogP contribution in [0.3, 0.4) is 0 Å². The topological polar surface area (TPSA) is 109 Å². The molecule has 0 saturated carbocycles. The first-order valence-corrected chi connectivity index (χ1v) is 9.99. The molecule has 0 heterocycles. The molecule has 0 aliphatic rings. The second-order valence-electron chi connectivity index (χ2n) is 5.03. The van der Waals surface area contributed by atoms with Crippen molar-refractivity contribution in [2.24, 2.45) is 0 Å². The number of carbonyl (C=O) groups is 1. The zero-order chi connectivity index (χ0) is 17.8. The van der Waals surface area contributed by atoms with Crippen molar-refractivity contribution in [3.63, 3.8) is 0 Å². The van der Waals surface area contributed by atoms with Crippen LogP contribution in [0.4, 0.5) is 5.69 Å². The third kappa shape index (κ3) is 5.07. The van der Waals surface area contributed by atoms with Crippen molar-refractivity contribution in [2.75, 3.05) is 4.72 Å². The molecule has 0 spiro atoms.